The van der Waals surface area contributed by atoms with Crippen LogP contribution in [0.25, 0.3) is 0 Å². The van der Waals surface area contributed by atoms with Gasteiger partial charge in [0.25, 0.3) is 10.0 Å². The first-order valence-electron chi connectivity index (χ1n) is 6.57. The summed E-state index contributed by atoms with van der Waals surface area (Å²) >= 11 is 1.41. The Morgan fingerprint density at radius 3 is 2.39 bits per heavy atom. The maximum absolute atomic E-state index is 12.1. The zero-order valence-electron chi connectivity index (χ0n) is 12.2. The van der Waals surface area contributed by atoms with Crippen molar-refractivity contribution in [3.05, 3.63) is 46.7 Å². The first-order chi connectivity index (χ1) is 10.9. The Hall–Kier alpha value is -2.23. The van der Waals surface area contributed by atoms with Crippen molar-refractivity contribution < 1.29 is 18.0 Å². The molecule has 2 rings (SSSR count). The van der Waals surface area contributed by atoms with Gasteiger partial charge < -0.3 is 5.32 Å². The van der Waals surface area contributed by atoms with Gasteiger partial charge in [-0.3, -0.25) is 15.0 Å². The van der Waals surface area contributed by atoms with Crippen molar-refractivity contribution in [2.24, 2.45) is 0 Å². The number of hydrazine groups is 1. The smallest absolute Gasteiger partial charge is 0.257 e. The highest BCUT2D eigenvalue weighted by Crippen LogP contribution is 2.13. The lowest BCUT2D eigenvalue weighted by Gasteiger charge is -2.09. The Morgan fingerprint density at radius 1 is 1.13 bits per heavy atom. The van der Waals surface area contributed by atoms with Gasteiger partial charge in [-0.2, -0.15) is 0 Å². The van der Waals surface area contributed by atoms with Crippen LogP contribution in [0.1, 0.15) is 11.8 Å². The zero-order chi connectivity index (χ0) is 16.9. The molecular formula is C14H15N3O4S2. The maximum Gasteiger partial charge on any atom is 0.257 e. The molecule has 2 aromatic rings. The first kappa shape index (κ1) is 17.1. The van der Waals surface area contributed by atoms with Gasteiger partial charge in [-0.05, 0) is 35.7 Å². The third-order valence-electron chi connectivity index (χ3n) is 2.72. The Labute approximate surface area is 137 Å². The summed E-state index contributed by atoms with van der Waals surface area (Å²) in [5.41, 5.74) is 2.65. The predicted octanol–water partition coefficient (Wildman–Crippen LogP) is 1.26. The summed E-state index contributed by atoms with van der Waals surface area (Å²) in [5.74, 6) is -0.703. The van der Waals surface area contributed by atoms with E-state index in [9.17, 15) is 18.0 Å². The summed E-state index contributed by atoms with van der Waals surface area (Å²) in [7, 11) is -3.87. The maximum atomic E-state index is 12.1. The van der Waals surface area contributed by atoms with Crippen molar-refractivity contribution in [1.82, 2.24) is 10.3 Å². The predicted molar refractivity (Wildman–Crippen MR) is 87.2 cm³/mol. The third-order valence-corrected chi connectivity index (χ3v) is 4.86. The number of anilines is 1. The third kappa shape index (κ3) is 5.16. The quantitative estimate of drug-likeness (QED) is 0.680. The monoisotopic (exact) mass is 353 g/mol. The molecule has 0 unspecified atom stereocenters. The van der Waals surface area contributed by atoms with E-state index in [1.54, 1.807) is 6.07 Å². The van der Waals surface area contributed by atoms with Gasteiger partial charge in [0.05, 0.1) is 11.3 Å². The number of rotatable bonds is 6. The van der Waals surface area contributed by atoms with E-state index in [0.29, 0.717) is 5.69 Å². The molecule has 2 amide bonds. The molecule has 1 heterocycles. The zero-order valence-corrected chi connectivity index (χ0v) is 13.8. The van der Waals surface area contributed by atoms with Crippen LogP contribution in [0.5, 0.6) is 0 Å². The van der Waals surface area contributed by atoms with Crippen LogP contribution in [0.3, 0.4) is 0 Å². The Bertz CT molecular complexity index is 784. The number of amides is 2. The van der Waals surface area contributed by atoms with Crippen molar-refractivity contribution in [2.45, 2.75) is 18.2 Å². The lowest BCUT2D eigenvalue weighted by atomic mass is 10.3. The van der Waals surface area contributed by atoms with Gasteiger partial charge in [0.2, 0.25) is 11.8 Å². The minimum absolute atomic E-state index is 0.0250. The largest absolute Gasteiger partial charge is 0.326 e. The molecule has 0 saturated carbocycles. The molecule has 1 aromatic carbocycles. The molecular weight excluding hydrogens is 338 g/mol. The van der Waals surface area contributed by atoms with Crippen molar-refractivity contribution in [2.75, 3.05) is 5.32 Å². The second-order valence-corrected chi connectivity index (χ2v) is 7.33. The standard InChI is InChI=1S/C14H15N3O4S2/c1-10(18)15-11-4-6-13(7-5-11)23(20,21)17-16-14(19)9-12-3-2-8-22-12/h2-8,17H,9H2,1H3,(H,15,18)(H,16,19). The second-order valence-electron chi connectivity index (χ2n) is 4.62. The van der Waals surface area contributed by atoms with Gasteiger partial charge >= 0.3 is 0 Å². The van der Waals surface area contributed by atoms with Gasteiger partial charge in [-0.15, -0.1) is 16.2 Å². The van der Waals surface area contributed by atoms with Crippen molar-refractivity contribution in [1.29, 1.82) is 0 Å². The van der Waals surface area contributed by atoms with Crippen LogP contribution in [-0.4, -0.2) is 20.2 Å². The fourth-order valence-electron chi connectivity index (χ4n) is 1.72. The normalized spacial score (nSPS) is 11.0. The van der Waals surface area contributed by atoms with Gasteiger partial charge in [-0.25, -0.2) is 8.42 Å². The van der Waals surface area contributed by atoms with E-state index in [1.807, 2.05) is 16.3 Å². The molecule has 0 fully saturated rings. The van der Waals surface area contributed by atoms with Crippen LogP contribution in [-0.2, 0) is 26.0 Å². The van der Waals surface area contributed by atoms with Crippen LogP contribution in [0.15, 0.2) is 46.7 Å². The van der Waals surface area contributed by atoms with Gasteiger partial charge in [0.1, 0.15) is 0 Å². The number of nitrogens with one attached hydrogen (secondary N) is 3. The molecule has 0 aliphatic carbocycles. The molecule has 122 valence electrons. The Morgan fingerprint density at radius 2 is 1.83 bits per heavy atom. The summed E-state index contributed by atoms with van der Waals surface area (Å²) in [6, 6.07) is 9.19. The highest BCUT2D eigenvalue weighted by molar-refractivity contribution is 7.89. The molecule has 0 bridgehead atoms. The summed E-state index contributed by atoms with van der Waals surface area (Å²) in [6.45, 7) is 1.36. The number of hydrogen-bond acceptors (Lipinski definition) is 5. The average molecular weight is 353 g/mol. The lowest BCUT2D eigenvalue weighted by Crippen LogP contribution is -2.42. The number of hydrogen-bond donors (Lipinski definition) is 3. The van der Waals surface area contributed by atoms with Crippen LogP contribution < -0.4 is 15.6 Å². The molecule has 0 aliphatic heterocycles. The van der Waals surface area contributed by atoms with Crippen LogP contribution in [0, 0.1) is 0 Å². The molecule has 3 N–H and O–H groups in total. The number of benzene rings is 1. The van der Waals surface area contributed by atoms with E-state index in [4.69, 9.17) is 0 Å². The van der Waals surface area contributed by atoms with Crippen molar-refractivity contribution >= 4 is 38.9 Å². The molecule has 23 heavy (non-hydrogen) atoms. The summed E-state index contributed by atoms with van der Waals surface area (Å²) in [5, 5.41) is 4.37. The van der Waals surface area contributed by atoms with Crippen LogP contribution in [0.4, 0.5) is 5.69 Å². The van der Waals surface area contributed by atoms with E-state index in [0.717, 1.165) is 4.88 Å². The Balaban J connectivity index is 1.95. The fraction of sp³-hybridized carbons (Fsp3) is 0.143. The van der Waals surface area contributed by atoms with E-state index in [-0.39, 0.29) is 17.2 Å². The van der Waals surface area contributed by atoms with Gasteiger partial charge in [-0.1, -0.05) is 6.07 Å². The summed E-state index contributed by atoms with van der Waals surface area (Å²) in [6.07, 6.45) is 0.0989. The molecule has 0 radical (unpaired) electrons. The second kappa shape index (κ2) is 7.36. The number of sulfonamides is 1. The van der Waals surface area contributed by atoms with Crippen LogP contribution >= 0.6 is 11.3 Å². The lowest BCUT2D eigenvalue weighted by molar-refractivity contribution is -0.120. The van der Waals surface area contributed by atoms with Gasteiger partial charge in [0.15, 0.2) is 0 Å². The molecule has 1 aromatic heterocycles. The van der Waals surface area contributed by atoms with E-state index in [2.05, 4.69) is 10.7 Å². The molecule has 0 spiro atoms. The topological polar surface area (TPSA) is 104 Å². The molecule has 0 atom stereocenters. The van der Waals surface area contributed by atoms with E-state index in [1.165, 1.54) is 42.5 Å². The average Bonchev–Trinajstić information content (AvgIpc) is 2.98. The minimum Gasteiger partial charge on any atom is -0.326 e. The number of carbonyl (C=O) groups is 2. The van der Waals surface area contributed by atoms with E-state index < -0.39 is 15.9 Å². The molecule has 7 nitrogen and oxygen atoms in total. The summed E-state index contributed by atoms with van der Waals surface area (Å²) < 4.78 is 24.1. The minimum atomic E-state index is -3.87. The van der Waals surface area contributed by atoms with Gasteiger partial charge in [0, 0.05) is 17.5 Å². The van der Waals surface area contributed by atoms with Crippen molar-refractivity contribution in [3.8, 4) is 0 Å². The highest BCUT2D eigenvalue weighted by Gasteiger charge is 2.15. The number of carbonyl (C=O) groups excluding carboxylic acids is 2. The fourth-order valence-corrected chi connectivity index (χ4v) is 3.28. The first-order valence-corrected chi connectivity index (χ1v) is 8.94. The number of thiophene rings is 1. The summed E-state index contributed by atoms with van der Waals surface area (Å²) in [4.78, 5) is 25.4. The molecule has 9 heteroatoms. The van der Waals surface area contributed by atoms with Crippen molar-refractivity contribution in [3.63, 3.8) is 0 Å². The van der Waals surface area contributed by atoms with Crippen LogP contribution in [0.2, 0.25) is 0 Å². The van der Waals surface area contributed by atoms with E-state index >= 15 is 0 Å². The molecule has 0 saturated heterocycles. The molecule has 0 aliphatic rings. The highest BCUT2D eigenvalue weighted by atomic mass is 32.2. The SMILES string of the molecule is CC(=O)Nc1ccc(S(=O)(=O)NNC(=O)Cc2cccs2)cc1. The Kier molecular flexibility index (Phi) is 5.48.